The van der Waals surface area contributed by atoms with E-state index in [0.29, 0.717) is 0 Å². The molecule has 1 rings (SSSR count). The van der Waals surface area contributed by atoms with Crippen molar-refractivity contribution in [1.82, 2.24) is 14.9 Å². The smallest absolute Gasteiger partial charge is 0.241 e. The van der Waals surface area contributed by atoms with Gasteiger partial charge in [0.2, 0.25) is 11.9 Å². The van der Waals surface area contributed by atoms with Gasteiger partial charge < -0.3 is 15.5 Å². The zero-order chi connectivity index (χ0) is 12.3. The first-order chi connectivity index (χ1) is 7.41. The molecule has 0 aliphatic rings. The van der Waals surface area contributed by atoms with E-state index in [1.54, 1.807) is 21.1 Å². The average molecular weight is 227 g/mol. The molecule has 88 valence electrons. The molecule has 0 fully saturated rings. The summed E-state index contributed by atoms with van der Waals surface area (Å²) in [6.07, 6.45) is 0.980. The van der Waals surface area contributed by atoms with Gasteiger partial charge in [-0.15, -0.1) is 0 Å². The van der Waals surface area contributed by atoms with Crippen LogP contribution in [0.1, 0.15) is 0 Å². The zero-order valence-electron chi connectivity index (χ0n) is 9.44. The molecule has 0 aromatic carbocycles. The van der Waals surface area contributed by atoms with E-state index >= 15 is 0 Å². The Balaban J connectivity index is 2.84. The molecule has 0 saturated carbocycles. The second-order valence-electron chi connectivity index (χ2n) is 3.54. The molecule has 0 atom stereocenters. The third-order valence-corrected chi connectivity index (χ3v) is 1.98. The summed E-state index contributed by atoms with van der Waals surface area (Å²) in [7, 11) is 4.81. The summed E-state index contributed by atoms with van der Waals surface area (Å²) in [4.78, 5) is 21.4. The highest BCUT2D eigenvalue weighted by Crippen LogP contribution is 2.14. The third kappa shape index (κ3) is 2.78. The highest BCUT2D eigenvalue weighted by atomic mass is 19.1. The number of anilines is 2. The van der Waals surface area contributed by atoms with Crippen molar-refractivity contribution < 1.29 is 9.18 Å². The molecule has 0 aliphatic heterocycles. The van der Waals surface area contributed by atoms with Crippen LogP contribution >= 0.6 is 0 Å². The fourth-order valence-corrected chi connectivity index (χ4v) is 1.06. The number of carbonyl (C=O) groups is 1. The number of aromatic nitrogens is 2. The number of nitrogens with zero attached hydrogens (tertiary/aromatic N) is 4. The molecule has 16 heavy (non-hydrogen) atoms. The number of nitrogen functional groups attached to an aromatic ring is 1. The molecule has 6 nitrogen and oxygen atoms in total. The molecule has 7 heteroatoms. The summed E-state index contributed by atoms with van der Waals surface area (Å²) in [5, 5.41) is 0. The third-order valence-electron chi connectivity index (χ3n) is 1.98. The number of halogens is 1. The predicted molar refractivity (Wildman–Crippen MR) is 58.4 cm³/mol. The number of amides is 1. The van der Waals surface area contributed by atoms with E-state index in [-0.39, 0.29) is 24.2 Å². The van der Waals surface area contributed by atoms with Gasteiger partial charge >= 0.3 is 0 Å². The van der Waals surface area contributed by atoms with Crippen LogP contribution in [0.15, 0.2) is 6.20 Å². The fraction of sp³-hybridized carbons (Fsp3) is 0.444. The van der Waals surface area contributed by atoms with E-state index in [9.17, 15) is 9.18 Å². The number of carbonyl (C=O) groups excluding carboxylic acids is 1. The number of hydrogen-bond donors (Lipinski definition) is 1. The first kappa shape index (κ1) is 12.2. The van der Waals surface area contributed by atoms with Crippen LogP contribution in [0.5, 0.6) is 0 Å². The maximum atomic E-state index is 13.3. The van der Waals surface area contributed by atoms with Crippen molar-refractivity contribution in [2.45, 2.75) is 0 Å². The van der Waals surface area contributed by atoms with Gasteiger partial charge in [0.15, 0.2) is 11.6 Å². The highest BCUT2D eigenvalue weighted by molar-refractivity contribution is 5.80. The molecule has 1 aromatic heterocycles. The molecule has 1 heterocycles. The minimum Gasteiger partial charge on any atom is -0.368 e. The van der Waals surface area contributed by atoms with Crippen LogP contribution in [0.2, 0.25) is 0 Å². The lowest BCUT2D eigenvalue weighted by Gasteiger charge is -2.20. The van der Waals surface area contributed by atoms with Crippen molar-refractivity contribution in [2.75, 3.05) is 38.3 Å². The topological polar surface area (TPSA) is 75.4 Å². The summed E-state index contributed by atoms with van der Waals surface area (Å²) >= 11 is 0. The average Bonchev–Trinajstić information content (AvgIpc) is 2.21. The Morgan fingerprint density at radius 3 is 2.69 bits per heavy atom. The molecule has 2 N–H and O–H groups in total. The second kappa shape index (κ2) is 4.73. The normalized spacial score (nSPS) is 10.0. The van der Waals surface area contributed by atoms with Gasteiger partial charge in [-0.2, -0.15) is 4.98 Å². The van der Waals surface area contributed by atoms with Crippen LogP contribution in [0, 0.1) is 5.82 Å². The van der Waals surface area contributed by atoms with Crippen LogP contribution in [0.25, 0.3) is 0 Å². The van der Waals surface area contributed by atoms with E-state index in [4.69, 9.17) is 5.73 Å². The van der Waals surface area contributed by atoms with E-state index < -0.39 is 5.82 Å². The van der Waals surface area contributed by atoms with Crippen molar-refractivity contribution >= 4 is 17.7 Å². The van der Waals surface area contributed by atoms with Crippen LogP contribution in [-0.4, -0.2) is 48.5 Å². The summed E-state index contributed by atoms with van der Waals surface area (Å²) in [6.45, 7) is 0.0281. The molecule has 0 saturated heterocycles. The molecule has 0 aliphatic carbocycles. The molecule has 1 aromatic rings. The zero-order valence-corrected chi connectivity index (χ0v) is 9.44. The first-order valence-corrected chi connectivity index (χ1v) is 4.61. The van der Waals surface area contributed by atoms with Gasteiger partial charge in [-0.1, -0.05) is 0 Å². The monoisotopic (exact) mass is 227 g/mol. The fourth-order valence-electron chi connectivity index (χ4n) is 1.06. The maximum Gasteiger partial charge on any atom is 0.241 e. The standard InChI is InChI=1S/C9H14FN5O/c1-14(2)7(16)5-15(3)8-6(10)4-12-9(11)13-8/h4H,5H2,1-3H3,(H2,11,12,13). The van der Waals surface area contributed by atoms with Crippen LogP contribution in [0.4, 0.5) is 16.2 Å². The SMILES string of the molecule is CN(C)C(=O)CN(C)c1nc(N)ncc1F. The summed E-state index contributed by atoms with van der Waals surface area (Å²) in [5.74, 6) is -0.773. The van der Waals surface area contributed by atoms with Crippen molar-refractivity contribution in [2.24, 2.45) is 0 Å². The Morgan fingerprint density at radius 2 is 2.12 bits per heavy atom. The molecule has 0 bridgehead atoms. The number of hydrogen-bond acceptors (Lipinski definition) is 5. The van der Waals surface area contributed by atoms with E-state index in [0.717, 1.165) is 6.20 Å². The summed E-state index contributed by atoms with van der Waals surface area (Å²) < 4.78 is 13.3. The lowest BCUT2D eigenvalue weighted by molar-refractivity contribution is -0.127. The summed E-state index contributed by atoms with van der Waals surface area (Å²) in [6, 6.07) is 0. The Hall–Kier alpha value is -1.92. The molecular formula is C9H14FN5O. The molecule has 0 unspecified atom stereocenters. The van der Waals surface area contributed by atoms with Gasteiger partial charge in [0.05, 0.1) is 12.7 Å². The van der Waals surface area contributed by atoms with E-state index in [1.807, 2.05) is 0 Å². The van der Waals surface area contributed by atoms with Crippen molar-refractivity contribution in [3.05, 3.63) is 12.0 Å². The Kier molecular flexibility index (Phi) is 3.60. The van der Waals surface area contributed by atoms with Gasteiger partial charge in [-0.05, 0) is 0 Å². The van der Waals surface area contributed by atoms with Gasteiger partial charge in [0.1, 0.15) is 0 Å². The Labute approximate surface area is 92.9 Å². The van der Waals surface area contributed by atoms with Crippen LogP contribution in [0.3, 0.4) is 0 Å². The Bertz CT molecular complexity index is 395. The van der Waals surface area contributed by atoms with Crippen molar-refractivity contribution in [3.8, 4) is 0 Å². The number of likely N-dealkylation sites (N-methyl/N-ethyl adjacent to an activating group) is 2. The lowest BCUT2D eigenvalue weighted by Crippen LogP contribution is -2.35. The van der Waals surface area contributed by atoms with Gasteiger partial charge in [0, 0.05) is 21.1 Å². The minimum absolute atomic E-state index is 0.0164. The number of nitrogens with two attached hydrogens (primary N) is 1. The quantitative estimate of drug-likeness (QED) is 0.768. The van der Waals surface area contributed by atoms with Gasteiger partial charge in [0.25, 0.3) is 0 Å². The minimum atomic E-state index is -0.608. The van der Waals surface area contributed by atoms with Crippen LogP contribution < -0.4 is 10.6 Å². The predicted octanol–water partition coefficient (Wildman–Crippen LogP) is -0.278. The van der Waals surface area contributed by atoms with Crippen molar-refractivity contribution in [1.29, 1.82) is 0 Å². The molecule has 1 amide bonds. The number of rotatable bonds is 3. The van der Waals surface area contributed by atoms with E-state index in [1.165, 1.54) is 9.80 Å². The highest BCUT2D eigenvalue weighted by Gasteiger charge is 2.14. The molecule has 0 spiro atoms. The Morgan fingerprint density at radius 1 is 1.50 bits per heavy atom. The first-order valence-electron chi connectivity index (χ1n) is 4.61. The lowest BCUT2D eigenvalue weighted by atomic mass is 10.4. The molecular weight excluding hydrogens is 213 g/mol. The van der Waals surface area contributed by atoms with Crippen molar-refractivity contribution in [3.63, 3.8) is 0 Å². The molecule has 0 radical (unpaired) electrons. The van der Waals surface area contributed by atoms with Crippen LogP contribution in [-0.2, 0) is 4.79 Å². The summed E-state index contributed by atoms with van der Waals surface area (Å²) in [5.41, 5.74) is 5.34. The maximum absolute atomic E-state index is 13.3. The second-order valence-corrected chi connectivity index (χ2v) is 3.54. The van der Waals surface area contributed by atoms with Gasteiger partial charge in [-0.25, -0.2) is 9.37 Å². The van der Waals surface area contributed by atoms with E-state index in [2.05, 4.69) is 9.97 Å². The largest absolute Gasteiger partial charge is 0.368 e. The van der Waals surface area contributed by atoms with Gasteiger partial charge in [-0.3, -0.25) is 4.79 Å².